The summed E-state index contributed by atoms with van der Waals surface area (Å²) in [6.07, 6.45) is -6.32. The lowest BCUT2D eigenvalue weighted by Crippen LogP contribution is -2.62. The first-order valence-corrected chi connectivity index (χ1v) is 11.1. The Labute approximate surface area is 183 Å². The molecule has 4 fully saturated rings. The molecule has 186 valence electrons. The van der Waals surface area contributed by atoms with Crippen LogP contribution in [0.3, 0.4) is 0 Å². The molecule has 4 bridgehead atoms. The highest BCUT2D eigenvalue weighted by atomic mass is 19.4. The summed E-state index contributed by atoms with van der Waals surface area (Å²) in [5.41, 5.74) is -2.57. The Morgan fingerprint density at radius 1 is 0.875 bits per heavy atom. The number of carbonyl (C=O) groups is 1. The Morgan fingerprint density at radius 3 is 1.91 bits per heavy atom. The summed E-state index contributed by atoms with van der Waals surface area (Å²) in [5.74, 6) is -8.86. The Balaban J connectivity index is 1.68. The summed E-state index contributed by atoms with van der Waals surface area (Å²) >= 11 is 0. The van der Waals surface area contributed by atoms with Crippen LogP contribution in [0.2, 0.25) is 0 Å². The second-order valence-electron chi connectivity index (χ2n) is 10.9. The second-order valence-corrected chi connectivity index (χ2v) is 10.9. The maximum absolute atomic E-state index is 14.2. The summed E-state index contributed by atoms with van der Waals surface area (Å²) in [7, 11) is 0. The number of rotatable bonds is 9. The van der Waals surface area contributed by atoms with Gasteiger partial charge in [-0.3, -0.25) is 4.79 Å². The molecular formula is C22H31F7O3. The molecule has 2 unspecified atom stereocenters. The van der Waals surface area contributed by atoms with E-state index in [2.05, 4.69) is 0 Å². The van der Waals surface area contributed by atoms with Gasteiger partial charge in [-0.2, -0.15) is 13.2 Å². The number of hydrogen-bond acceptors (Lipinski definition) is 3. The number of carbonyl (C=O) groups excluding carboxylic acids is 1. The molecule has 2 atom stereocenters. The third kappa shape index (κ3) is 5.89. The molecule has 0 amide bonds. The lowest BCUT2D eigenvalue weighted by Gasteiger charge is -2.61. The maximum atomic E-state index is 14.2. The van der Waals surface area contributed by atoms with E-state index < -0.39 is 54.1 Å². The van der Waals surface area contributed by atoms with E-state index in [0.717, 1.165) is 6.42 Å². The number of hydrogen-bond donors (Lipinski definition) is 0. The fraction of sp³-hybridized carbons (Fsp3) is 0.955. The molecule has 0 heterocycles. The van der Waals surface area contributed by atoms with Crippen molar-refractivity contribution in [3.8, 4) is 0 Å². The SMILES string of the molecule is CCC(C)(C)C(=O)OC12CC3CC(CC(OCC(F)(F)CC(F)(F)CC(F)(F)F)(C3)C1)C2. The topological polar surface area (TPSA) is 35.5 Å². The van der Waals surface area contributed by atoms with Gasteiger partial charge in [0.1, 0.15) is 18.6 Å². The van der Waals surface area contributed by atoms with Crippen LogP contribution in [0.15, 0.2) is 0 Å². The van der Waals surface area contributed by atoms with Gasteiger partial charge in [-0.25, -0.2) is 17.6 Å². The fourth-order valence-corrected chi connectivity index (χ4v) is 5.91. The molecule has 0 N–H and O–H groups in total. The van der Waals surface area contributed by atoms with Crippen molar-refractivity contribution in [3.63, 3.8) is 0 Å². The van der Waals surface area contributed by atoms with Crippen LogP contribution in [-0.2, 0) is 14.3 Å². The first-order valence-electron chi connectivity index (χ1n) is 11.1. The molecule has 0 spiro atoms. The largest absolute Gasteiger partial charge is 0.459 e. The monoisotopic (exact) mass is 476 g/mol. The van der Waals surface area contributed by atoms with E-state index in [1.807, 2.05) is 6.92 Å². The van der Waals surface area contributed by atoms with Crippen molar-refractivity contribution in [1.29, 1.82) is 0 Å². The van der Waals surface area contributed by atoms with Crippen LogP contribution in [-0.4, -0.2) is 41.8 Å². The van der Waals surface area contributed by atoms with E-state index in [1.54, 1.807) is 13.8 Å². The van der Waals surface area contributed by atoms with Crippen molar-refractivity contribution < 1.29 is 45.0 Å². The summed E-state index contributed by atoms with van der Waals surface area (Å²) in [6, 6.07) is 0. The van der Waals surface area contributed by atoms with Crippen molar-refractivity contribution >= 4 is 5.97 Å². The number of esters is 1. The van der Waals surface area contributed by atoms with Crippen LogP contribution in [0, 0.1) is 17.3 Å². The lowest BCUT2D eigenvalue weighted by molar-refractivity contribution is -0.260. The van der Waals surface area contributed by atoms with Gasteiger partial charge in [-0.1, -0.05) is 6.92 Å². The van der Waals surface area contributed by atoms with Gasteiger partial charge in [-0.15, -0.1) is 0 Å². The fourth-order valence-electron chi connectivity index (χ4n) is 5.91. The van der Waals surface area contributed by atoms with E-state index in [-0.39, 0.29) is 24.2 Å². The zero-order valence-electron chi connectivity index (χ0n) is 18.6. The zero-order valence-corrected chi connectivity index (χ0v) is 18.6. The summed E-state index contributed by atoms with van der Waals surface area (Å²) in [6.45, 7) is 4.01. The zero-order chi connectivity index (χ0) is 24.2. The molecule has 4 saturated carbocycles. The molecular weight excluding hydrogens is 445 g/mol. The van der Waals surface area contributed by atoms with Crippen molar-refractivity contribution in [2.75, 3.05) is 6.61 Å². The summed E-state index contributed by atoms with van der Waals surface area (Å²) in [5, 5.41) is 0. The van der Waals surface area contributed by atoms with E-state index in [4.69, 9.17) is 9.47 Å². The van der Waals surface area contributed by atoms with Gasteiger partial charge in [0.05, 0.1) is 17.4 Å². The number of halogens is 7. The molecule has 4 aliphatic rings. The molecule has 32 heavy (non-hydrogen) atoms. The number of alkyl halides is 7. The van der Waals surface area contributed by atoms with Gasteiger partial charge in [0.15, 0.2) is 0 Å². The lowest BCUT2D eigenvalue weighted by atomic mass is 9.52. The van der Waals surface area contributed by atoms with Crippen molar-refractivity contribution in [2.24, 2.45) is 17.3 Å². The van der Waals surface area contributed by atoms with Crippen LogP contribution in [0.1, 0.15) is 78.6 Å². The minimum absolute atomic E-state index is 0.106. The van der Waals surface area contributed by atoms with Gasteiger partial charge in [0.2, 0.25) is 0 Å². The number of ether oxygens (including phenoxy) is 2. The molecule has 4 aliphatic carbocycles. The van der Waals surface area contributed by atoms with Crippen LogP contribution in [0.4, 0.5) is 30.7 Å². The van der Waals surface area contributed by atoms with Crippen molar-refractivity contribution in [1.82, 2.24) is 0 Å². The third-order valence-corrected chi connectivity index (χ3v) is 7.27. The normalized spacial score (nSPS) is 32.9. The quantitative estimate of drug-likeness (QED) is 0.275. The minimum atomic E-state index is -5.25. The highest BCUT2D eigenvalue weighted by molar-refractivity contribution is 5.76. The third-order valence-electron chi connectivity index (χ3n) is 7.27. The van der Waals surface area contributed by atoms with Gasteiger partial charge in [-0.05, 0) is 64.2 Å². The Hall–Kier alpha value is -1.06. The standard InChI is InChI=1S/C22H31F7O3/c1-4-17(2,3)16(30)32-19-8-14-5-15(9-19)7-18(6-14,10-19)31-13-21(25,26)11-20(23,24)12-22(27,28)29/h14-15H,4-13H2,1-3H3. The average Bonchev–Trinajstić information content (AvgIpc) is 2.55. The molecule has 0 radical (unpaired) electrons. The smallest absolute Gasteiger partial charge is 0.394 e. The average molecular weight is 476 g/mol. The van der Waals surface area contributed by atoms with Gasteiger partial charge < -0.3 is 9.47 Å². The molecule has 0 aliphatic heterocycles. The Morgan fingerprint density at radius 2 is 1.41 bits per heavy atom. The van der Waals surface area contributed by atoms with Crippen LogP contribution in [0.25, 0.3) is 0 Å². The first-order chi connectivity index (χ1) is 14.4. The molecule has 3 nitrogen and oxygen atoms in total. The van der Waals surface area contributed by atoms with Crippen LogP contribution >= 0.6 is 0 Å². The minimum Gasteiger partial charge on any atom is -0.459 e. The summed E-state index contributed by atoms with van der Waals surface area (Å²) in [4.78, 5) is 12.7. The summed E-state index contributed by atoms with van der Waals surface area (Å²) < 4.78 is 104. The Kier molecular flexibility index (Phi) is 6.40. The molecule has 10 heteroatoms. The maximum Gasteiger partial charge on any atom is 0.394 e. The van der Waals surface area contributed by atoms with E-state index in [1.165, 1.54) is 0 Å². The van der Waals surface area contributed by atoms with E-state index >= 15 is 0 Å². The molecule has 0 aromatic carbocycles. The first kappa shape index (κ1) is 25.6. The van der Waals surface area contributed by atoms with Gasteiger partial charge in [0.25, 0.3) is 11.8 Å². The predicted molar refractivity (Wildman–Crippen MR) is 101 cm³/mol. The van der Waals surface area contributed by atoms with Crippen LogP contribution < -0.4 is 0 Å². The van der Waals surface area contributed by atoms with E-state index in [9.17, 15) is 35.5 Å². The second kappa shape index (κ2) is 8.01. The highest BCUT2D eigenvalue weighted by Gasteiger charge is 2.61. The van der Waals surface area contributed by atoms with E-state index in [0.29, 0.717) is 32.1 Å². The predicted octanol–water partition coefficient (Wildman–Crippen LogP) is 6.69. The molecule has 0 saturated heterocycles. The molecule has 0 aromatic heterocycles. The Bertz CT molecular complexity index is 703. The van der Waals surface area contributed by atoms with Gasteiger partial charge in [0, 0.05) is 6.42 Å². The van der Waals surface area contributed by atoms with Crippen molar-refractivity contribution in [2.45, 2.75) is 108 Å². The van der Waals surface area contributed by atoms with Crippen LogP contribution in [0.5, 0.6) is 0 Å². The van der Waals surface area contributed by atoms with Gasteiger partial charge >= 0.3 is 12.1 Å². The molecule has 4 rings (SSSR count). The van der Waals surface area contributed by atoms with Crippen molar-refractivity contribution in [3.05, 3.63) is 0 Å². The highest BCUT2D eigenvalue weighted by Crippen LogP contribution is 2.60. The molecule has 0 aromatic rings.